The summed E-state index contributed by atoms with van der Waals surface area (Å²) >= 11 is 0. The molecule has 0 spiro atoms. The molecular formula is C23H24N2O2. The van der Waals surface area contributed by atoms with E-state index in [0.29, 0.717) is 6.54 Å². The summed E-state index contributed by atoms with van der Waals surface area (Å²) in [6.45, 7) is 0.725. The fourth-order valence-electron chi connectivity index (χ4n) is 3.64. The van der Waals surface area contributed by atoms with Gasteiger partial charge in [-0.2, -0.15) is 0 Å². The molecular weight excluding hydrogens is 336 g/mol. The van der Waals surface area contributed by atoms with Gasteiger partial charge in [0.1, 0.15) is 6.61 Å². The van der Waals surface area contributed by atoms with E-state index < -0.39 is 6.09 Å². The maximum Gasteiger partial charge on any atom is 0.407 e. The van der Waals surface area contributed by atoms with Gasteiger partial charge in [-0.05, 0) is 54.5 Å². The van der Waals surface area contributed by atoms with Gasteiger partial charge >= 0.3 is 6.09 Å². The Kier molecular flexibility index (Phi) is 5.24. The van der Waals surface area contributed by atoms with Crippen molar-refractivity contribution >= 4 is 23.1 Å². The molecule has 4 nitrogen and oxygen atoms in total. The third kappa shape index (κ3) is 4.22. The first-order valence-electron chi connectivity index (χ1n) is 9.54. The average Bonchev–Trinajstić information content (AvgIpc) is 3.08. The van der Waals surface area contributed by atoms with Gasteiger partial charge in [0.25, 0.3) is 0 Å². The number of alkyl carbamates (subject to hydrolysis) is 1. The second-order valence-electron chi connectivity index (χ2n) is 6.94. The molecule has 0 atom stereocenters. The van der Waals surface area contributed by atoms with Gasteiger partial charge in [-0.15, -0.1) is 0 Å². The predicted molar refractivity (Wildman–Crippen MR) is 109 cm³/mol. The van der Waals surface area contributed by atoms with Crippen LogP contribution in [-0.4, -0.2) is 17.6 Å². The third-order valence-electron chi connectivity index (χ3n) is 5.01. The van der Waals surface area contributed by atoms with Crippen LogP contribution >= 0.6 is 0 Å². The number of fused-ring (bicyclic) bond motifs is 3. The number of amides is 1. The maximum absolute atomic E-state index is 11.8. The third-order valence-corrected chi connectivity index (χ3v) is 5.01. The maximum atomic E-state index is 11.8. The zero-order valence-corrected chi connectivity index (χ0v) is 15.3. The Labute approximate surface area is 159 Å². The van der Waals surface area contributed by atoms with Crippen molar-refractivity contribution in [3.63, 3.8) is 0 Å². The minimum atomic E-state index is -0.404. The van der Waals surface area contributed by atoms with Crippen LogP contribution in [-0.2, 0) is 24.2 Å². The number of carbonyl (C=O) groups excluding carboxylic acids is 1. The SMILES string of the molecule is O=C(NCC=Cc1ccc2[nH]c3c(c2c1)CCCC3)OCc1ccccc1. The molecule has 138 valence electrons. The van der Waals surface area contributed by atoms with E-state index in [1.165, 1.54) is 35.0 Å². The van der Waals surface area contributed by atoms with E-state index in [0.717, 1.165) is 24.0 Å². The number of nitrogens with one attached hydrogen (secondary N) is 2. The number of ether oxygens (including phenoxy) is 1. The summed E-state index contributed by atoms with van der Waals surface area (Å²) in [6, 6.07) is 16.2. The van der Waals surface area contributed by atoms with Crippen molar-refractivity contribution in [2.75, 3.05) is 6.54 Å². The van der Waals surface area contributed by atoms with E-state index in [-0.39, 0.29) is 6.61 Å². The van der Waals surface area contributed by atoms with E-state index in [2.05, 4.69) is 28.5 Å². The highest BCUT2D eigenvalue weighted by Crippen LogP contribution is 2.29. The van der Waals surface area contributed by atoms with Crippen LogP contribution in [0.2, 0.25) is 0 Å². The lowest BCUT2D eigenvalue weighted by molar-refractivity contribution is 0.141. The Morgan fingerprint density at radius 3 is 2.85 bits per heavy atom. The van der Waals surface area contributed by atoms with Gasteiger partial charge in [0.15, 0.2) is 0 Å². The molecule has 1 aromatic heterocycles. The van der Waals surface area contributed by atoms with Gasteiger partial charge in [0, 0.05) is 23.1 Å². The van der Waals surface area contributed by atoms with Crippen LogP contribution in [0.1, 0.15) is 35.2 Å². The quantitative estimate of drug-likeness (QED) is 0.674. The lowest BCUT2D eigenvalue weighted by atomic mass is 9.95. The Hall–Kier alpha value is -3.01. The van der Waals surface area contributed by atoms with Crippen molar-refractivity contribution in [2.45, 2.75) is 32.3 Å². The average molecular weight is 360 g/mol. The normalized spacial score (nSPS) is 13.6. The van der Waals surface area contributed by atoms with E-state index in [1.807, 2.05) is 42.5 Å². The van der Waals surface area contributed by atoms with Gasteiger partial charge < -0.3 is 15.0 Å². The van der Waals surface area contributed by atoms with Gasteiger partial charge in [-0.1, -0.05) is 48.6 Å². The zero-order valence-electron chi connectivity index (χ0n) is 15.3. The first kappa shape index (κ1) is 17.4. The van der Waals surface area contributed by atoms with Crippen molar-refractivity contribution in [3.05, 3.63) is 77.0 Å². The van der Waals surface area contributed by atoms with Crippen molar-refractivity contribution in [1.29, 1.82) is 0 Å². The number of benzene rings is 2. The molecule has 4 heteroatoms. The molecule has 0 aliphatic heterocycles. The highest BCUT2D eigenvalue weighted by atomic mass is 16.5. The molecule has 1 aliphatic rings. The first-order chi connectivity index (χ1) is 13.3. The number of rotatable bonds is 5. The van der Waals surface area contributed by atoms with Crippen LogP contribution in [0.3, 0.4) is 0 Å². The number of hydrogen-bond donors (Lipinski definition) is 2. The molecule has 0 fully saturated rings. The lowest BCUT2D eigenvalue weighted by Crippen LogP contribution is -2.24. The number of aromatic nitrogens is 1. The molecule has 1 aliphatic carbocycles. The van der Waals surface area contributed by atoms with Crippen molar-refractivity contribution in [3.8, 4) is 0 Å². The molecule has 0 unspecified atom stereocenters. The Morgan fingerprint density at radius 2 is 1.96 bits per heavy atom. The smallest absolute Gasteiger partial charge is 0.407 e. The summed E-state index contributed by atoms with van der Waals surface area (Å²) < 4.78 is 5.20. The summed E-state index contributed by atoms with van der Waals surface area (Å²) in [7, 11) is 0. The summed E-state index contributed by atoms with van der Waals surface area (Å²) in [5.41, 5.74) is 6.23. The highest BCUT2D eigenvalue weighted by molar-refractivity contribution is 5.87. The van der Waals surface area contributed by atoms with Gasteiger partial charge in [0.2, 0.25) is 0 Å². The topological polar surface area (TPSA) is 54.1 Å². The monoisotopic (exact) mass is 360 g/mol. The molecule has 2 N–H and O–H groups in total. The van der Waals surface area contributed by atoms with Crippen LogP contribution < -0.4 is 5.32 Å². The Bertz CT molecular complexity index is 957. The van der Waals surface area contributed by atoms with Crippen molar-refractivity contribution in [2.24, 2.45) is 0 Å². The van der Waals surface area contributed by atoms with Crippen LogP contribution in [0.15, 0.2) is 54.6 Å². The number of aromatic amines is 1. The van der Waals surface area contributed by atoms with Crippen molar-refractivity contribution in [1.82, 2.24) is 10.3 Å². The fourth-order valence-corrected chi connectivity index (χ4v) is 3.64. The zero-order chi connectivity index (χ0) is 18.5. The minimum absolute atomic E-state index is 0.283. The number of hydrogen-bond acceptors (Lipinski definition) is 2. The largest absolute Gasteiger partial charge is 0.445 e. The van der Waals surface area contributed by atoms with Crippen LogP contribution in [0.25, 0.3) is 17.0 Å². The minimum Gasteiger partial charge on any atom is -0.445 e. The molecule has 0 bridgehead atoms. The predicted octanol–water partition coefficient (Wildman–Crippen LogP) is 4.99. The van der Waals surface area contributed by atoms with E-state index >= 15 is 0 Å². The van der Waals surface area contributed by atoms with Gasteiger partial charge in [-0.3, -0.25) is 0 Å². The molecule has 1 heterocycles. The first-order valence-corrected chi connectivity index (χ1v) is 9.54. The van der Waals surface area contributed by atoms with E-state index in [4.69, 9.17) is 4.74 Å². The second-order valence-corrected chi connectivity index (χ2v) is 6.94. The molecule has 0 saturated heterocycles. The van der Waals surface area contributed by atoms with E-state index in [1.54, 1.807) is 0 Å². The number of H-pyrrole nitrogens is 1. The molecule has 27 heavy (non-hydrogen) atoms. The van der Waals surface area contributed by atoms with E-state index in [9.17, 15) is 4.79 Å². The molecule has 0 radical (unpaired) electrons. The van der Waals surface area contributed by atoms with Crippen LogP contribution in [0, 0.1) is 0 Å². The standard InChI is InChI=1S/C23H24N2O2/c26-23(27-16-18-7-2-1-3-8-18)24-14-6-9-17-12-13-22-20(15-17)19-10-4-5-11-21(19)25-22/h1-3,6-9,12-13,15,25H,4-5,10-11,14,16H2,(H,24,26). The highest BCUT2D eigenvalue weighted by Gasteiger charge is 2.14. The number of carbonyl (C=O) groups is 1. The molecule has 2 aromatic carbocycles. The lowest BCUT2D eigenvalue weighted by Gasteiger charge is -2.10. The molecule has 4 rings (SSSR count). The fraction of sp³-hybridized carbons (Fsp3) is 0.261. The summed E-state index contributed by atoms with van der Waals surface area (Å²) in [5, 5.41) is 4.09. The summed E-state index contributed by atoms with van der Waals surface area (Å²) in [5.74, 6) is 0. The van der Waals surface area contributed by atoms with Gasteiger partial charge in [0.05, 0.1) is 0 Å². The Balaban J connectivity index is 1.31. The van der Waals surface area contributed by atoms with Crippen LogP contribution in [0.5, 0.6) is 0 Å². The van der Waals surface area contributed by atoms with Crippen molar-refractivity contribution < 1.29 is 9.53 Å². The number of aryl methyl sites for hydroxylation is 2. The second kappa shape index (κ2) is 8.12. The summed E-state index contributed by atoms with van der Waals surface area (Å²) in [6.07, 6.45) is 8.46. The Morgan fingerprint density at radius 1 is 1.11 bits per heavy atom. The molecule has 0 saturated carbocycles. The van der Waals surface area contributed by atoms with Crippen LogP contribution in [0.4, 0.5) is 4.79 Å². The molecule has 3 aromatic rings. The summed E-state index contributed by atoms with van der Waals surface area (Å²) in [4.78, 5) is 15.3. The van der Waals surface area contributed by atoms with Gasteiger partial charge in [-0.25, -0.2) is 4.79 Å². The molecule has 1 amide bonds.